The van der Waals surface area contributed by atoms with Crippen LogP contribution in [0.5, 0.6) is 0 Å². The second-order valence-corrected chi connectivity index (χ2v) is 6.92. The van der Waals surface area contributed by atoms with Gasteiger partial charge in [-0.25, -0.2) is 0 Å². The quantitative estimate of drug-likeness (QED) is 0.166. The second kappa shape index (κ2) is 28.6. The molecule has 0 saturated carbocycles. The molecule has 0 aliphatic carbocycles. The topological polar surface area (TPSA) is 95.1 Å². The summed E-state index contributed by atoms with van der Waals surface area (Å²) in [7, 11) is 1.90. The molecule has 0 amide bonds. The van der Waals surface area contributed by atoms with Gasteiger partial charge >= 0.3 is 0 Å². The molecular weight excluding hydrogens is 422 g/mol. The van der Waals surface area contributed by atoms with Gasteiger partial charge in [0.25, 0.3) is 0 Å². The van der Waals surface area contributed by atoms with E-state index >= 15 is 0 Å². The lowest BCUT2D eigenvalue weighted by atomic mass is 10.5. The summed E-state index contributed by atoms with van der Waals surface area (Å²) in [6.45, 7) is 14.5. The Bertz CT molecular complexity index is 339. The lowest BCUT2D eigenvalue weighted by molar-refractivity contribution is -0.0268. The van der Waals surface area contributed by atoms with Crippen LogP contribution in [-0.4, -0.2) is 132 Å². The van der Waals surface area contributed by atoms with Crippen molar-refractivity contribution in [3.8, 4) is 0 Å². The molecule has 32 heavy (non-hydrogen) atoms. The maximum Gasteiger partial charge on any atom is 0.0703 e. The Morgan fingerprint density at radius 2 is 0.656 bits per heavy atom. The molecule has 0 aliphatic rings. The molecule has 0 heterocycles. The number of hydrogen-bond donors (Lipinski definition) is 1. The molecule has 0 aromatic heterocycles. The second-order valence-electron chi connectivity index (χ2n) is 6.92. The van der Waals surface area contributed by atoms with Gasteiger partial charge in [-0.05, 0) is 20.9 Å². The minimum absolute atomic E-state index is 0.240. The third-order valence-corrected chi connectivity index (χ3v) is 3.78. The number of nitrogens with one attached hydrogen (secondary N) is 1. The van der Waals surface area contributed by atoms with Gasteiger partial charge in [0.15, 0.2) is 0 Å². The minimum Gasteiger partial charge on any atom is -0.378 e. The molecule has 0 fully saturated rings. The van der Waals surface area contributed by atoms with Crippen LogP contribution in [0.25, 0.3) is 0 Å². The predicted molar refractivity (Wildman–Crippen MR) is 122 cm³/mol. The lowest BCUT2D eigenvalue weighted by Crippen LogP contribution is -2.17. The Balaban J connectivity index is 3.00. The van der Waals surface area contributed by atoms with Crippen LogP contribution in [0.1, 0.15) is 13.8 Å². The van der Waals surface area contributed by atoms with Crippen molar-refractivity contribution in [1.29, 1.82) is 0 Å². The summed E-state index contributed by atoms with van der Waals surface area (Å²) < 4.78 is 48.7. The van der Waals surface area contributed by atoms with Crippen LogP contribution in [0, 0.1) is 0 Å². The zero-order valence-electron chi connectivity index (χ0n) is 20.5. The van der Waals surface area contributed by atoms with Gasteiger partial charge in [-0.1, -0.05) is 0 Å². The zero-order chi connectivity index (χ0) is 23.4. The van der Waals surface area contributed by atoms with Crippen LogP contribution in [0.3, 0.4) is 0 Å². The molecule has 0 aromatic rings. The number of rotatable bonds is 28. The van der Waals surface area contributed by atoms with E-state index in [-0.39, 0.29) is 6.10 Å². The largest absolute Gasteiger partial charge is 0.378 e. The SMILES string of the molecule is CNCCOCCOCCOCCOCCOCCOCCOCCOCCOC(C)C. The Morgan fingerprint density at radius 1 is 0.406 bits per heavy atom. The van der Waals surface area contributed by atoms with Gasteiger partial charge in [-0.2, -0.15) is 0 Å². The van der Waals surface area contributed by atoms with Crippen LogP contribution >= 0.6 is 0 Å². The van der Waals surface area contributed by atoms with Crippen molar-refractivity contribution in [2.24, 2.45) is 0 Å². The summed E-state index contributed by atoms with van der Waals surface area (Å²) in [6.07, 6.45) is 0.240. The molecule has 1 N–H and O–H groups in total. The predicted octanol–water partition coefficient (Wildman–Crippen LogP) is 0.764. The van der Waals surface area contributed by atoms with E-state index in [2.05, 4.69) is 5.32 Å². The molecular formula is C22H47NO9. The van der Waals surface area contributed by atoms with Gasteiger partial charge in [-0.15, -0.1) is 0 Å². The van der Waals surface area contributed by atoms with Crippen LogP contribution < -0.4 is 5.32 Å². The third kappa shape index (κ3) is 29.6. The minimum atomic E-state index is 0.240. The van der Waals surface area contributed by atoms with Crippen molar-refractivity contribution in [3.63, 3.8) is 0 Å². The van der Waals surface area contributed by atoms with Gasteiger partial charge in [0, 0.05) is 6.54 Å². The fraction of sp³-hybridized carbons (Fsp3) is 1.00. The fourth-order valence-electron chi connectivity index (χ4n) is 2.16. The molecule has 0 saturated heterocycles. The summed E-state index contributed by atoms with van der Waals surface area (Å²) >= 11 is 0. The Labute approximate surface area is 194 Å². The first-order chi connectivity index (χ1) is 15.8. The fourth-order valence-corrected chi connectivity index (χ4v) is 2.16. The highest BCUT2D eigenvalue weighted by Gasteiger charge is 1.96. The molecule has 10 heteroatoms. The number of likely N-dealkylation sites (N-methyl/N-ethyl adjacent to an activating group) is 1. The van der Waals surface area contributed by atoms with Crippen molar-refractivity contribution in [2.75, 3.05) is 126 Å². The molecule has 0 spiro atoms. The summed E-state index contributed by atoms with van der Waals surface area (Å²) in [5, 5.41) is 3.02. The molecule has 194 valence electrons. The van der Waals surface area contributed by atoms with Crippen LogP contribution in [0.4, 0.5) is 0 Å². The highest BCUT2D eigenvalue weighted by Crippen LogP contribution is 1.88. The van der Waals surface area contributed by atoms with Crippen LogP contribution in [-0.2, 0) is 42.6 Å². The highest BCUT2D eigenvalue weighted by molar-refractivity contribution is 4.39. The van der Waals surface area contributed by atoms with E-state index in [1.54, 1.807) is 0 Å². The van der Waals surface area contributed by atoms with Gasteiger partial charge in [0.05, 0.1) is 118 Å². The Kier molecular flexibility index (Phi) is 28.3. The summed E-state index contributed by atoms with van der Waals surface area (Å²) in [5.41, 5.74) is 0. The smallest absolute Gasteiger partial charge is 0.0703 e. The summed E-state index contributed by atoms with van der Waals surface area (Å²) in [5.74, 6) is 0. The van der Waals surface area contributed by atoms with Crippen molar-refractivity contribution in [1.82, 2.24) is 5.32 Å². The van der Waals surface area contributed by atoms with Crippen LogP contribution in [0.15, 0.2) is 0 Å². The average molecular weight is 470 g/mol. The van der Waals surface area contributed by atoms with E-state index in [0.717, 1.165) is 6.54 Å². The van der Waals surface area contributed by atoms with E-state index in [1.165, 1.54) is 0 Å². The molecule has 0 aromatic carbocycles. The number of ether oxygens (including phenoxy) is 9. The molecule has 0 rings (SSSR count). The first-order valence-electron chi connectivity index (χ1n) is 11.7. The standard InChI is InChI=1S/C22H47NO9/c1-22(2)32-21-20-31-19-18-30-17-16-29-15-14-28-13-12-27-11-10-26-9-8-25-7-6-24-5-4-23-3/h22-23H,4-21H2,1-3H3. The van der Waals surface area contributed by atoms with Gasteiger partial charge in [0.1, 0.15) is 0 Å². The third-order valence-electron chi connectivity index (χ3n) is 3.78. The highest BCUT2D eigenvalue weighted by atomic mass is 16.6. The molecule has 0 bridgehead atoms. The average Bonchev–Trinajstić information content (AvgIpc) is 2.78. The van der Waals surface area contributed by atoms with Crippen molar-refractivity contribution in [2.45, 2.75) is 20.0 Å². The zero-order valence-corrected chi connectivity index (χ0v) is 20.5. The normalized spacial score (nSPS) is 11.6. The number of hydrogen-bond acceptors (Lipinski definition) is 10. The van der Waals surface area contributed by atoms with E-state index in [4.69, 9.17) is 42.6 Å². The molecule has 0 atom stereocenters. The summed E-state index contributed by atoms with van der Waals surface area (Å²) in [4.78, 5) is 0. The maximum absolute atomic E-state index is 5.44. The van der Waals surface area contributed by atoms with Crippen molar-refractivity contribution < 1.29 is 42.6 Å². The Hall–Kier alpha value is -0.400. The van der Waals surface area contributed by atoms with Gasteiger partial charge in [0.2, 0.25) is 0 Å². The molecule has 0 aliphatic heterocycles. The van der Waals surface area contributed by atoms with E-state index in [9.17, 15) is 0 Å². The summed E-state index contributed by atoms with van der Waals surface area (Å²) in [6, 6.07) is 0. The first kappa shape index (κ1) is 31.6. The van der Waals surface area contributed by atoms with E-state index < -0.39 is 0 Å². The van der Waals surface area contributed by atoms with E-state index in [0.29, 0.717) is 112 Å². The van der Waals surface area contributed by atoms with Gasteiger partial charge < -0.3 is 47.9 Å². The molecule has 10 nitrogen and oxygen atoms in total. The van der Waals surface area contributed by atoms with E-state index in [1.807, 2.05) is 20.9 Å². The monoisotopic (exact) mass is 469 g/mol. The first-order valence-corrected chi connectivity index (χ1v) is 11.7. The lowest BCUT2D eigenvalue weighted by Gasteiger charge is -2.09. The molecule has 0 unspecified atom stereocenters. The van der Waals surface area contributed by atoms with Crippen molar-refractivity contribution >= 4 is 0 Å². The van der Waals surface area contributed by atoms with Crippen LogP contribution in [0.2, 0.25) is 0 Å². The molecule has 0 radical (unpaired) electrons. The maximum atomic E-state index is 5.44. The van der Waals surface area contributed by atoms with Crippen molar-refractivity contribution in [3.05, 3.63) is 0 Å². The van der Waals surface area contributed by atoms with Gasteiger partial charge in [-0.3, -0.25) is 0 Å². The Morgan fingerprint density at radius 3 is 0.906 bits per heavy atom.